The van der Waals surface area contributed by atoms with Gasteiger partial charge in [0.2, 0.25) is 0 Å². The lowest BCUT2D eigenvalue weighted by atomic mass is 10.2. The van der Waals surface area contributed by atoms with Gasteiger partial charge in [0.15, 0.2) is 0 Å². The van der Waals surface area contributed by atoms with Crippen molar-refractivity contribution in [2.75, 3.05) is 18.9 Å². The highest BCUT2D eigenvalue weighted by Gasteiger charge is 2.17. The molecule has 5 heteroatoms. The molecule has 1 unspecified atom stereocenters. The molecule has 5 nitrogen and oxygen atoms in total. The molecule has 0 radical (unpaired) electrons. The summed E-state index contributed by atoms with van der Waals surface area (Å²) in [6.07, 6.45) is 5.08. The minimum absolute atomic E-state index is 0.0844. The van der Waals surface area contributed by atoms with E-state index >= 15 is 0 Å². The first-order valence-electron chi connectivity index (χ1n) is 6.43. The number of carbonyl (C=O) groups excluding carboxylic acids is 1. The molecular formula is C13H22N4O. The van der Waals surface area contributed by atoms with Crippen LogP contribution in [0.3, 0.4) is 0 Å². The van der Waals surface area contributed by atoms with Crippen LogP contribution in [0.15, 0.2) is 12.4 Å². The van der Waals surface area contributed by atoms with E-state index in [9.17, 15) is 4.79 Å². The van der Waals surface area contributed by atoms with Crippen LogP contribution in [-0.4, -0.2) is 40.4 Å². The molecule has 0 aliphatic heterocycles. The molecule has 0 aliphatic carbocycles. The number of nitrogens with zero attached hydrogens (tertiary/aromatic N) is 3. The normalized spacial score (nSPS) is 12.0. The summed E-state index contributed by atoms with van der Waals surface area (Å²) >= 11 is 0. The topological polar surface area (TPSA) is 58.1 Å². The van der Waals surface area contributed by atoms with Crippen molar-refractivity contribution in [2.45, 2.75) is 39.7 Å². The van der Waals surface area contributed by atoms with Crippen molar-refractivity contribution in [1.29, 1.82) is 0 Å². The molecule has 0 saturated carbocycles. The van der Waals surface area contributed by atoms with E-state index in [1.54, 1.807) is 18.1 Å². The lowest BCUT2D eigenvalue weighted by molar-refractivity contribution is 0.0734. The van der Waals surface area contributed by atoms with Crippen molar-refractivity contribution >= 4 is 11.7 Å². The molecule has 0 bridgehead atoms. The second-order valence-electron chi connectivity index (χ2n) is 4.39. The van der Waals surface area contributed by atoms with Gasteiger partial charge in [0.25, 0.3) is 5.91 Å². The Morgan fingerprint density at radius 2 is 2.11 bits per heavy atom. The Bertz CT molecular complexity index is 377. The third kappa shape index (κ3) is 3.68. The van der Waals surface area contributed by atoms with Crippen LogP contribution < -0.4 is 5.32 Å². The van der Waals surface area contributed by atoms with Gasteiger partial charge in [-0.3, -0.25) is 4.79 Å². The first kappa shape index (κ1) is 14.4. The van der Waals surface area contributed by atoms with Crippen LogP contribution in [-0.2, 0) is 0 Å². The fraction of sp³-hybridized carbons (Fsp3) is 0.615. The summed E-state index contributed by atoms with van der Waals surface area (Å²) in [5.74, 6) is 0.624. The second-order valence-corrected chi connectivity index (χ2v) is 4.39. The summed E-state index contributed by atoms with van der Waals surface area (Å²) in [4.78, 5) is 22.1. The van der Waals surface area contributed by atoms with Crippen molar-refractivity contribution in [3.63, 3.8) is 0 Å². The lowest BCUT2D eigenvalue weighted by Gasteiger charge is -2.23. The van der Waals surface area contributed by atoms with Crippen molar-refractivity contribution < 1.29 is 4.79 Å². The number of carbonyl (C=O) groups is 1. The minimum Gasteiger partial charge on any atom is -0.369 e. The zero-order valence-corrected chi connectivity index (χ0v) is 11.6. The smallest absolute Gasteiger partial charge is 0.274 e. The monoisotopic (exact) mass is 250 g/mol. The first-order valence-corrected chi connectivity index (χ1v) is 6.43. The molecule has 18 heavy (non-hydrogen) atoms. The van der Waals surface area contributed by atoms with E-state index in [1.165, 1.54) is 6.20 Å². The third-order valence-corrected chi connectivity index (χ3v) is 3.00. The standard InChI is InChI=1S/C13H22N4O/c1-5-7-14-12-9-15-11(8-16-12)13(18)17(4)10(3)6-2/h8-10H,5-7H2,1-4H3,(H,14,16). The second kappa shape index (κ2) is 6.93. The van der Waals surface area contributed by atoms with E-state index in [-0.39, 0.29) is 11.9 Å². The largest absolute Gasteiger partial charge is 0.369 e. The molecule has 0 fully saturated rings. The molecule has 1 atom stereocenters. The Morgan fingerprint density at radius 3 is 2.61 bits per heavy atom. The molecule has 1 N–H and O–H groups in total. The molecule has 0 spiro atoms. The Balaban J connectivity index is 2.69. The highest BCUT2D eigenvalue weighted by Crippen LogP contribution is 2.07. The summed E-state index contributed by atoms with van der Waals surface area (Å²) in [5, 5.41) is 3.13. The number of amides is 1. The number of hydrogen-bond acceptors (Lipinski definition) is 4. The molecule has 1 rings (SSSR count). The number of rotatable bonds is 6. The van der Waals surface area contributed by atoms with Gasteiger partial charge in [0.1, 0.15) is 11.5 Å². The van der Waals surface area contributed by atoms with E-state index in [0.717, 1.165) is 19.4 Å². The molecule has 1 amide bonds. The Hall–Kier alpha value is -1.65. The van der Waals surface area contributed by atoms with Gasteiger partial charge in [0, 0.05) is 19.6 Å². The van der Waals surface area contributed by atoms with Crippen molar-refractivity contribution in [2.24, 2.45) is 0 Å². The maximum atomic E-state index is 12.1. The van der Waals surface area contributed by atoms with Crippen LogP contribution in [0.4, 0.5) is 5.82 Å². The van der Waals surface area contributed by atoms with Crippen LogP contribution in [0.5, 0.6) is 0 Å². The average molecular weight is 250 g/mol. The van der Waals surface area contributed by atoms with Gasteiger partial charge in [-0.05, 0) is 19.8 Å². The van der Waals surface area contributed by atoms with Crippen molar-refractivity contribution in [3.05, 3.63) is 18.1 Å². The van der Waals surface area contributed by atoms with Gasteiger partial charge >= 0.3 is 0 Å². The number of aromatic nitrogens is 2. The molecule has 100 valence electrons. The molecule has 1 aromatic rings. The number of anilines is 1. The van der Waals surface area contributed by atoms with Crippen LogP contribution in [0.25, 0.3) is 0 Å². The summed E-state index contributed by atoms with van der Waals surface area (Å²) in [7, 11) is 1.79. The summed E-state index contributed by atoms with van der Waals surface area (Å²) < 4.78 is 0. The van der Waals surface area contributed by atoms with Crippen LogP contribution in [0.1, 0.15) is 44.1 Å². The van der Waals surface area contributed by atoms with Gasteiger partial charge < -0.3 is 10.2 Å². The summed E-state index contributed by atoms with van der Waals surface area (Å²) in [6, 6.07) is 0.206. The highest BCUT2D eigenvalue weighted by atomic mass is 16.2. The van der Waals surface area contributed by atoms with E-state index in [4.69, 9.17) is 0 Å². The highest BCUT2D eigenvalue weighted by molar-refractivity contribution is 5.92. The fourth-order valence-corrected chi connectivity index (χ4v) is 1.44. The molecule has 0 aliphatic rings. The van der Waals surface area contributed by atoms with Crippen molar-refractivity contribution in [1.82, 2.24) is 14.9 Å². The summed E-state index contributed by atoms with van der Waals surface area (Å²) in [6.45, 7) is 7.01. The van der Waals surface area contributed by atoms with Gasteiger partial charge in [0.05, 0.1) is 12.4 Å². The van der Waals surface area contributed by atoms with Crippen LogP contribution in [0.2, 0.25) is 0 Å². The van der Waals surface area contributed by atoms with E-state index < -0.39 is 0 Å². The zero-order valence-electron chi connectivity index (χ0n) is 11.6. The van der Waals surface area contributed by atoms with Gasteiger partial charge in [-0.1, -0.05) is 13.8 Å². The Kier molecular flexibility index (Phi) is 5.55. The molecular weight excluding hydrogens is 228 g/mol. The fourth-order valence-electron chi connectivity index (χ4n) is 1.44. The lowest BCUT2D eigenvalue weighted by Crippen LogP contribution is -2.35. The van der Waals surface area contributed by atoms with Gasteiger partial charge in [-0.2, -0.15) is 0 Å². The minimum atomic E-state index is -0.0844. The third-order valence-electron chi connectivity index (χ3n) is 3.00. The summed E-state index contributed by atoms with van der Waals surface area (Å²) in [5.41, 5.74) is 0.389. The Labute approximate surface area is 109 Å². The number of nitrogens with one attached hydrogen (secondary N) is 1. The maximum Gasteiger partial charge on any atom is 0.274 e. The predicted molar refractivity (Wildman–Crippen MR) is 72.7 cm³/mol. The number of hydrogen-bond donors (Lipinski definition) is 1. The van der Waals surface area contributed by atoms with E-state index in [0.29, 0.717) is 11.5 Å². The molecule has 0 aromatic carbocycles. The molecule has 1 aromatic heterocycles. The zero-order chi connectivity index (χ0) is 13.5. The maximum absolute atomic E-state index is 12.1. The van der Waals surface area contributed by atoms with E-state index in [1.807, 2.05) is 6.92 Å². The first-order chi connectivity index (χ1) is 8.60. The Morgan fingerprint density at radius 1 is 1.39 bits per heavy atom. The van der Waals surface area contributed by atoms with Gasteiger partial charge in [-0.25, -0.2) is 9.97 Å². The quantitative estimate of drug-likeness (QED) is 0.840. The van der Waals surface area contributed by atoms with Crippen LogP contribution >= 0.6 is 0 Å². The molecule has 1 heterocycles. The molecule has 0 saturated heterocycles. The van der Waals surface area contributed by atoms with Crippen LogP contribution in [0, 0.1) is 0 Å². The van der Waals surface area contributed by atoms with Gasteiger partial charge in [-0.15, -0.1) is 0 Å². The SMILES string of the molecule is CCCNc1cnc(C(=O)N(C)C(C)CC)cn1. The average Bonchev–Trinajstić information content (AvgIpc) is 2.43. The van der Waals surface area contributed by atoms with E-state index in [2.05, 4.69) is 29.1 Å². The van der Waals surface area contributed by atoms with Crippen molar-refractivity contribution in [3.8, 4) is 0 Å². The predicted octanol–water partition coefficient (Wildman–Crippen LogP) is 2.17.